The third-order valence-corrected chi connectivity index (χ3v) is 2.38. The number of phenolic OH excluding ortho intramolecular Hbond substituents is 1. The Balaban J connectivity index is 0.00000162. The molecule has 0 radical (unpaired) electrons. The molecule has 0 fully saturated rings. The number of aromatic nitrogens is 1. The number of rotatable bonds is 3. The van der Waals surface area contributed by atoms with Gasteiger partial charge in [0, 0.05) is 17.7 Å². The Morgan fingerprint density at radius 1 is 1.22 bits per heavy atom. The molecule has 0 amide bonds. The van der Waals surface area contributed by atoms with Crippen molar-refractivity contribution in [1.29, 1.82) is 0 Å². The van der Waals surface area contributed by atoms with Crippen LogP contribution in [0.4, 0.5) is 0 Å². The summed E-state index contributed by atoms with van der Waals surface area (Å²) < 4.78 is 1.73. The molecule has 1 N–H and O–H groups in total. The molecular weight excluding hydrogens is 254 g/mol. The minimum Gasteiger partial charge on any atom is -0.870 e. The number of aromatic hydroxyl groups is 1. The summed E-state index contributed by atoms with van der Waals surface area (Å²) in [6.07, 6.45) is 3.56. The Hall–Kier alpha value is -2.07. The summed E-state index contributed by atoms with van der Waals surface area (Å²) >= 11 is 0. The second-order valence-electron chi connectivity index (χ2n) is 3.65. The van der Waals surface area contributed by atoms with Gasteiger partial charge in [0.2, 0.25) is 12.3 Å². The molecule has 0 saturated heterocycles. The van der Waals surface area contributed by atoms with Crippen molar-refractivity contribution >= 4 is 18.2 Å². The maximum absolute atomic E-state index is 11.8. The minimum absolute atomic E-state index is 0. The van der Waals surface area contributed by atoms with E-state index in [1.807, 2.05) is 18.2 Å². The molecule has 1 heterocycles. The maximum atomic E-state index is 11.8. The van der Waals surface area contributed by atoms with Crippen LogP contribution in [0.15, 0.2) is 48.8 Å². The van der Waals surface area contributed by atoms with Crippen LogP contribution in [0.1, 0.15) is 10.4 Å². The molecule has 0 aliphatic carbocycles. The molecule has 0 atom stereocenters. The van der Waals surface area contributed by atoms with Crippen LogP contribution < -0.4 is 9.67 Å². The van der Waals surface area contributed by atoms with Crippen LogP contribution >= 0.6 is 12.4 Å². The van der Waals surface area contributed by atoms with Crippen molar-refractivity contribution in [3.63, 3.8) is 0 Å². The Labute approximate surface area is 111 Å². The highest BCUT2D eigenvalue weighted by Gasteiger charge is 2.11. The highest BCUT2D eigenvalue weighted by Crippen LogP contribution is 2.22. The van der Waals surface area contributed by atoms with Gasteiger partial charge in [0.1, 0.15) is 5.75 Å². The molecule has 94 valence electrons. The van der Waals surface area contributed by atoms with E-state index in [2.05, 4.69) is 0 Å². The number of halogens is 1. The van der Waals surface area contributed by atoms with Gasteiger partial charge in [-0.1, -0.05) is 23.9 Å². The summed E-state index contributed by atoms with van der Waals surface area (Å²) in [5.74, 6) is -1.03. The molecule has 0 aliphatic heterocycles. The summed E-state index contributed by atoms with van der Waals surface area (Å²) in [5, 5.41) is 20.2. The lowest BCUT2D eigenvalue weighted by Gasteiger charge is -2.08. The van der Waals surface area contributed by atoms with Gasteiger partial charge in [-0.3, -0.25) is 4.79 Å². The first-order chi connectivity index (χ1) is 8.16. The molecule has 0 saturated carbocycles. The molecule has 0 aliphatic rings. The van der Waals surface area contributed by atoms with E-state index in [-0.39, 0.29) is 24.7 Å². The molecule has 2 aromatic rings. The number of ketones is 1. The smallest absolute Gasteiger partial charge is 0.227 e. The van der Waals surface area contributed by atoms with Gasteiger partial charge in [-0.05, 0) is 6.07 Å². The second-order valence-corrected chi connectivity index (χ2v) is 3.65. The van der Waals surface area contributed by atoms with Gasteiger partial charge >= 0.3 is 0 Å². The Morgan fingerprint density at radius 3 is 2.50 bits per heavy atom. The largest absolute Gasteiger partial charge is 0.870 e. The zero-order valence-electron chi connectivity index (χ0n) is 9.45. The normalized spacial score (nSPS) is 9.56. The van der Waals surface area contributed by atoms with E-state index in [4.69, 9.17) is 0 Å². The van der Waals surface area contributed by atoms with Crippen molar-refractivity contribution in [2.24, 2.45) is 0 Å². The first-order valence-electron chi connectivity index (χ1n) is 5.14. The average molecular weight is 266 g/mol. The van der Waals surface area contributed by atoms with Crippen molar-refractivity contribution in [3.05, 3.63) is 54.4 Å². The van der Waals surface area contributed by atoms with Gasteiger partial charge in [0.05, 0.1) is 0 Å². The summed E-state index contributed by atoms with van der Waals surface area (Å²) in [6.45, 7) is 0.179. The van der Waals surface area contributed by atoms with E-state index < -0.39 is 11.5 Å². The number of carbonyl (C=O) groups excluding carboxylic acids is 1. The van der Waals surface area contributed by atoms with Gasteiger partial charge in [0.15, 0.2) is 12.4 Å². The van der Waals surface area contributed by atoms with Gasteiger partial charge in [-0.15, -0.1) is 12.4 Å². The molecule has 18 heavy (non-hydrogen) atoms. The summed E-state index contributed by atoms with van der Waals surface area (Å²) in [5.41, 5.74) is 0.332. The maximum Gasteiger partial charge on any atom is 0.227 e. The number of benzene rings is 1. The summed E-state index contributed by atoms with van der Waals surface area (Å²) in [4.78, 5) is 11.8. The predicted octanol–water partition coefficient (Wildman–Crippen LogP) is 1.06. The highest BCUT2D eigenvalue weighted by atomic mass is 35.5. The average Bonchev–Trinajstić information content (AvgIpc) is 2.34. The molecule has 0 unspecified atom stereocenters. The number of Topliss-reactive ketones (excluding diaryl/α,β-unsaturated/α-hetero) is 1. The van der Waals surface area contributed by atoms with E-state index >= 15 is 0 Å². The van der Waals surface area contributed by atoms with Crippen LogP contribution in [0.5, 0.6) is 11.5 Å². The first-order valence-corrected chi connectivity index (χ1v) is 5.14. The fourth-order valence-electron chi connectivity index (χ4n) is 1.49. The summed E-state index contributed by atoms with van der Waals surface area (Å²) in [7, 11) is 0. The Bertz CT molecular complexity index is 543. The Morgan fingerprint density at radius 2 is 1.89 bits per heavy atom. The molecule has 4 nitrogen and oxygen atoms in total. The lowest BCUT2D eigenvalue weighted by atomic mass is 10.1. The van der Waals surface area contributed by atoms with Crippen LogP contribution in [0.3, 0.4) is 0 Å². The van der Waals surface area contributed by atoms with Gasteiger partial charge < -0.3 is 10.2 Å². The lowest BCUT2D eigenvalue weighted by Crippen LogP contribution is -2.36. The third kappa shape index (κ3) is 3.21. The number of pyridine rings is 1. The number of nitrogens with zero attached hydrogens (tertiary/aromatic N) is 1. The minimum atomic E-state index is -0.478. The molecule has 5 heteroatoms. The number of phenols is 1. The number of hydrogen-bond acceptors (Lipinski definition) is 3. The second kappa shape index (κ2) is 6.02. The number of carbonyl (C=O) groups is 1. The SMILES string of the molecule is Cl.O=C(C[n+]1ccccc1)c1ccc([O-])c(O)c1. The molecule has 0 bridgehead atoms. The van der Waals surface area contributed by atoms with Crippen molar-refractivity contribution in [2.75, 3.05) is 0 Å². The summed E-state index contributed by atoms with van der Waals surface area (Å²) in [6, 6.07) is 9.33. The standard InChI is InChI=1S/C13H11NO3.ClH/c15-11-5-4-10(8-12(11)16)13(17)9-14-6-2-1-3-7-14;/h1-8H,9H2,(H-,15,16,17);1H. The molecular formula is C13H12ClNO3. The van der Waals surface area contributed by atoms with Crippen LogP contribution in [-0.4, -0.2) is 10.9 Å². The van der Waals surface area contributed by atoms with E-state index in [1.165, 1.54) is 18.2 Å². The van der Waals surface area contributed by atoms with E-state index in [1.54, 1.807) is 17.0 Å². The van der Waals surface area contributed by atoms with Gasteiger partial charge in [-0.25, -0.2) is 0 Å². The fraction of sp³-hybridized carbons (Fsp3) is 0.0769. The monoisotopic (exact) mass is 265 g/mol. The van der Waals surface area contributed by atoms with Crippen LogP contribution in [0, 0.1) is 0 Å². The molecule has 1 aromatic heterocycles. The molecule has 2 rings (SSSR count). The zero-order valence-corrected chi connectivity index (χ0v) is 10.3. The van der Waals surface area contributed by atoms with Crippen LogP contribution in [-0.2, 0) is 6.54 Å². The van der Waals surface area contributed by atoms with E-state index in [0.29, 0.717) is 5.56 Å². The van der Waals surface area contributed by atoms with E-state index in [0.717, 1.165) is 0 Å². The van der Waals surface area contributed by atoms with Crippen LogP contribution in [0.2, 0.25) is 0 Å². The zero-order chi connectivity index (χ0) is 12.3. The van der Waals surface area contributed by atoms with Gasteiger partial charge in [-0.2, -0.15) is 4.57 Å². The molecule has 1 aromatic carbocycles. The lowest BCUT2D eigenvalue weighted by molar-refractivity contribution is -0.683. The highest BCUT2D eigenvalue weighted by molar-refractivity contribution is 5.95. The van der Waals surface area contributed by atoms with Crippen molar-refractivity contribution < 1.29 is 19.6 Å². The quantitative estimate of drug-likeness (QED) is 0.667. The van der Waals surface area contributed by atoms with E-state index in [9.17, 15) is 15.0 Å². The topological polar surface area (TPSA) is 64.2 Å². The van der Waals surface area contributed by atoms with Crippen LogP contribution in [0.25, 0.3) is 0 Å². The van der Waals surface area contributed by atoms with Crippen molar-refractivity contribution in [1.82, 2.24) is 0 Å². The predicted molar refractivity (Wildman–Crippen MR) is 65.8 cm³/mol. The number of hydrogen-bond donors (Lipinski definition) is 1. The fourth-order valence-corrected chi connectivity index (χ4v) is 1.49. The van der Waals surface area contributed by atoms with Crippen molar-refractivity contribution in [3.8, 4) is 11.5 Å². The van der Waals surface area contributed by atoms with Crippen molar-refractivity contribution in [2.45, 2.75) is 6.54 Å². The third-order valence-electron chi connectivity index (χ3n) is 2.38. The molecule has 0 spiro atoms. The Kier molecular flexibility index (Phi) is 4.68. The van der Waals surface area contributed by atoms with Gasteiger partial charge in [0.25, 0.3) is 0 Å². The first kappa shape index (κ1) is 14.0.